The zero-order chi connectivity index (χ0) is 11.8. The molecule has 2 N–H and O–H groups in total. The van der Waals surface area contributed by atoms with E-state index in [4.69, 9.17) is 0 Å². The van der Waals surface area contributed by atoms with Crippen LogP contribution >= 0.6 is 15.9 Å². The number of sulfonamides is 1. The Morgan fingerprint density at radius 1 is 1.31 bits per heavy atom. The van der Waals surface area contributed by atoms with Crippen LogP contribution in [-0.2, 0) is 10.0 Å². The highest BCUT2D eigenvalue weighted by Gasteiger charge is 2.36. The second-order valence-corrected chi connectivity index (χ2v) is 6.82. The standard InChI is InChI=1S/C10H13BrN2O2S/c1-10(6-12-7-10)13-16(14,15)9-4-2-8(11)3-5-9/h2-5,12-13H,6-7H2,1H3. The average molecular weight is 305 g/mol. The van der Waals surface area contributed by atoms with E-state index in [0.717, 1.165) is 4.47 Å². The first-order chi connectivity index (χ1) is 7.41. The van der Waals surface area contributed by atoms with Crippen molar-refractivity contribution in [3.8, 4) is 0 Å². The molecule has 6 heteroatoms. The molecule has 1 aromatic rings. The van der Waals surface area contributed by atoms with Crippen molar-refractivity contribution in [2.24, 2.45) is 0 Å². The molecule has 0 unspecified atom stereocenters. The van der Waals surface area contributed by atoms with Crippen LogP contribution in [0.2, 0.25) is 0 Å². The maximum atomic E-state index is 12.0. The Kier molecular flexibility index (Phi) is 3.09. The summed E-state index contributed by atoms with van der Waals surface area (Å²) in [6.45, 7) is 3.23. The molecule has 0 saturated carbocycles. The molecular formula is C10H13BrN2O2S. The van der Waals surface area contributed by atoms with Gasteiger partial charge in [-0.2, -0.15) is 0 Å². The Labute approximate surface area is 104 Å². The van der Waals surface area contributed by atoms with E-state index in [0.29, 0.717) is 18.0 Å². The van der Waals surface area contributed by atoms with Crippen molar-refractivity contribution in [1.82, 2.24) is 10.0 Å². The first-order valence-electron chi connectivity index (χ1n) is 4.92. The minimum atomic E-state index is -3.41. The minimum Gasteiger partial charge on any atom is -0.313 e. The van der Waals surface area contributed by atoms with E-state index in [1.807, 2.05) is 6.92 Å². The van der Waals surface area contributed by atoms with Crippen molar-refractivity contribution >= 4 is 26.0 Å². The fourth-order valence-corrected chi connectivity index (χ4v) is 3.24. The number of halogens is 1. The van der Waals surface area contributed by atoms with Gasteiger partial charge in [0.2, 0.25) is 10.0 Å². The van der Waals surface area contributed by atoms with E-state index in [-0.39, 0.29) is 5.54 Å². The predicted molar refractivity (Wildman–Crippen MR) is 65.7 cm³/mol. The molecule has 1 fully saturated rings. The predicted octanol–water partition coefficient (Wildman–Crippen LogP) is 1.09. The molecular weight excluding hydrogens is 292 g/mol. The molecule has 88 valence electrons. The van der Waals surface area contributed by atoms with Gasteiger partial charge in [-0.05, 0) is 31.2 Å². The minimum absolute atomic E-state index is 0.295. The lowest BCUT2D eigenvalue weighted by atomic mass is 9.97. The SMILES string of the molecule is CC1(NS(=O)(=O)c2ccc(Br)cc2)CNC1. The van der Waals surface area contributed by atoms with E-state index in [1.165, 1.54) is 0 Å². The highest BCUT2D eigenvalue weighted by atomic mass is 79.9. The lowest BCUT2D eigenvalue weighted by molar-refractivity contribution is 0.279. The molecule has 0 amide bonds. The van der Waals surface area contributed by atoms with E-state index in [2.05, 4.69) is 26.0 Å². The Bertz CT molecular complexity index is 480. The Morgan fingerprint density at radius 3 is 2.31 bits per heavy atom. The largest absolute Gasteiger partial charge is 0.313 e. The van der Waals surface area contributed by atoms with Gasteiger partial charge in [0.15, 0.2) is 0 Å². The van der Waals surface area contributed by atoms with Crippen LogP contribution < -0.4 is 10.0 Å². The van der Waals surface area contributed by atoms with E-state index < -0.39 is 10.0 Å². The van der Waals surface area contributed by atoms with Crippen LogP contribution in [0.3, 0.4) is 0 Å². The van der Waals surface area contributed by atoms with Crippen LogP contribution in [-0.4, -0.2) is 27.0 Å². The van der Waals surface area contributed by atoms with Gasteiger partial charge >= 0.3 is 0 Å². The summed E-state index contributed by atoms with van der Waals surface area (Å²) in [6.07, 6.45) is 0. The summed E-state index contributed by atoms with van der Waals surface area (Å²) in [5, 5.41) is 3.05. The van der Waals surface area contributed by atoms with Crippen LogP contribution in [0.25, 0.3) is 0 Å². The third-order valence-corrected chi connectivity index (χ3v) is 4.72. The van der Waals surface area contributed by atoms with Crippen LogP contribution in [0.1, 0.15) is 6.92 Å². The van der Waals surface area contributed by atoms with Crippen molar-refractivity contribution in [2.45, 2.75) is 17.4 Å². The third kappa shape index (κ3) is 2.45. The molecule has 4 nitrogen and oxygen atoms in total. The summed E-state index contributed by atoms with van der Waals surface area (Å²) in [6, 6.07) is 6.61. The van der Waals surface area contributed by atoms with Gasteiger partial charge in [0.05, 0.1) is 10.4 Å². The third-order valence-electron chi connectivity index (χ3n) is 2.54. The maximum absolute atomic E-state index is 12.0. The maximum Gasteiger partial charge on any atom is 0.241 e. The number of hydrogen-bond acceptors (Lipinski definition) is 3. The molecule has 2 rings (SSSR count). The van der Waals surface area contributed by atoms with Gasteiger partial charge in [0, 0.05) is 17.6 Å². The second kappa shape index (κ2) is 4.10. The van der Waals surface area contributed by atoms with Gasteiger partial charge in [0.1, 0.15) is 0 Å². The molecule has 1 aliphatic heterocycles. The van der Waals surface area contributed by atoms with E-state index in [9.17, 15) is 8.42 Å². The van der Waals surface area contributed by atoms with Gasteiger partial charge in [-0.25, -0.2) is 13.1 Å². The quantitative estimate of drug-likeness (QED) is 0.879. The molecule has 0 spiro atoms. The van der Waals surface area contributed by atoms with Crippen molar-refractivity contribution in [3.05, 3.63) is 28.7 Å². The zero-order valence-electron chi connectivity index (χ0n) is 8.83. The second-order valence-electron chi connectivity index (χ2n) is 4.22. The molecule has 1 aliphatic rings. The first kappa shape index (κ1) is 12.0. The lowest BCUT2D eigenvalue weighted by Crippen LogP contribution is -2.66. The van der Waals surface area contributed by atoms with Gasteiger partial charge in [0.25, 0.3) is 0 Å². The fourth-order valence-electron chi connectivity index (χ4n) is 1.57. The summed E-state index contributed by atoms with van der Waals surface area (Å²) in [7, 11) is -3.41. The Morgan fingerprint density at radius 2 is 1.88 bits per heavy atom. The summed E-state index contributed by atoms with van der Waals surface area (Å²) in [4.78, 5) is 0.295. The summed E-state index contributed by atoms with van der Waals surface area (Å²) >= 11 is 3.27. The smallest absolute Gasteiger partial charge is 0.241 e. The Hall–Kier alpha value is -0.430. The van der Waals surface area contributed by atoms with E-state index in [1.54, 1.807) is 24.3 Å². The van der Waals surface area contributed by atoms with Crippen molar-refractivity contribution in [1.29, 1.82) is 0 Å². The average Bonchev–Trinajstić information content (AvgIpc) is 2.15. The monoisotopic (exact) mass is 304 g/mol. The van der Waals surface area contributed by atoms with Crippen LogP contribution in [0, 0.1) is 0 Å². The van der Waals surface area contributed by atoms with Crippen molar-refractivity contribution in [3.63, 3.8) is 0 Å². The lowest BCUT2D eigenvalue weighted by Gasteiger charge is -2.39. The zero-order valence-corrected chi connectivity index (χ0v) is 11.2. The highest BCUT2D eigenvalue weighted by molar-refractivity contribution is 9.10. The molecule has 0 aliphatic carbocycles. The van der Waals surface area contributed by atoms with Crippen LogP contribution in [0.15, 0.2) is 33.6 Å². The fraction of sp³-hybridized carbons (Fsp3) is 0.400. The highest BCUT2D eigenvalue weighted by Crippen LogP contribution is 2.18. The topological polar surface area (TPSA) is 58.2 Å². The normalized spacial score (nSPS) is 19.1. The molecule has 1 saturated heterocycles. The van der Waals surface area contributed by atoms with Gasteiger partial charge < -0.3 is 5.32 Å². The molecule has 16 heavy (non-hydrogen) atoms. The van der Waals surface area contributed by atoms with Crippen molar-refractivity contribution < 1.29 is 8.42 Å². The van der Waals surface area contributed by atoms with Gasteiger partial charge in [-0.1, -0.05) is 15.9 Å². The molecule has 1 aromatic carbocycles. The molecule has 0 atom stereocenters. The van der Waals surface area contributed by atoms with Crippen LogP contribution in [0.5, 0.6) is 0 Å². The molecule has 1 heterocycles. The van der Waals surface area contributed by atoms with Crippen LogP contribution in [0.4, 0.5) is 0 Å². The summed E-state index contributed by atoms with van der Waals surface area (Å²) in [5.41, 5.74) is -0.355. The van der Waals surface area contributed by atoms with Gasteiger partial charge in [-0.15, -0.1) is 0 Å². The first-order valence-corrected chi connectivity index (χ1v) is 7.19. The molecule has 0 bridgehead atoms. The number of hydrogen-bond donors (Lipinski definition) is 2. The molecule has 0 radical (unpaired) electrons. The number of nitrogens with one attached hydrogen (secondary N) is 2. The van der Waals surface area contributed by atoms with Crippen molar-refractivity contribution in [2.75, 3.05) is 13.1 Å². The van der Waals surface area contributed by atoms with Gasteiger partial charge in [-0.3, -0.25) is 0 Å². The summed E-state index contributed by atoms with van der Waals surface area (Å²) in [5.74, 6) is 0. The summed E-state index contributed by atoms with van der Waals surface area (Å²) < 4.78 is 27.6. The number of rotatable bonds is 3. The number of benzene rings is 1. The molecule has 0 aromatic heterocycles. The van der Waals surface area contributed by atoms with E-state index >= 15 is 0 Å². The Balaban J connectivity index is 2.22.